The third-order valence-corrected chi connectivity index (χ3v) is 4.77. The van der Waals surface area contributed by atoms with E-state index in [9.17, 15) is 14.7 Å². The van der Waals surface area contributed by atoms with Gasteiger partial charge in [-0.15, -0.1) is 0 Å². The molecule has 0 unspecified atom stereocenters. The highest BCUT2D eigenvalue weighted by atomic mass is 16.6. The van der Waals surface area contributed by atoms with Gasteiger partial charge in [-0.1, -0.05) is 48.5 Å². The van der Waals surface area contributed by atoms with E-state index in [4.69, 9.17) is 4.74 Å². The van der Waals surface area contributed by atoms with Crippen molar-refractivity contribution in [3.63, 3.8) is 0 Å². The molecule has 0 radical (unpaired) electrons. The summed E-state index contributed by atoms with van der Waals surface area (Å²) in [5, 5.41) is 11.0. The van der Waals surface area contributed by atoms with Gasteiger partial charge in [-0.05, 0) is 18.6 Å². The van der Waals surface area contributed by atoms with Gasteiger partial charge in [-0.25, -0.2) is 4.79 Å². The largest absolute Gasteiger partial charge is 0.444 e. The fourth-order valence-corrected chi connectivity index (χ4v) is 3.62. The van der Waals surface area contributed by atoms with Gasteiger partial charge in [0.1, 0.15) is 24.9 Å². The molecule has 2 aromatic rings. The normalized spacial score (nSPS) is 24.2. The fraction of sp³-hybridized carbons (Fsp3) is 0.263. The minimum Gasteiger partial charge on any atom is -0.444 e. The number of carbonyl (C=O) groups is 2. The van der Waals surface area contributed by atoms with Crippen LogP contribution in [0, 0.1) is 0 Å². The predicted molar refractivity (Wildman–Crippen MR) is 90.6 cm³/mol. The van der Waals surface area contributed by atoms with Crippen molar-refractivity contribution < 1.29 is 19.4 Å². The number of aliphatic hydroxyl groups is 1. The van der Waals surface area contributed by atoms with E-state index in [0.29, 0.717) is 11.3 Å². The maximum Gasteiger partial charge on any atom is 0.412 e. The molecular formula is C19H18N2O4. The van der Waals surface area contributed by atoms with Crippen molar-refractivity contribution in [1.29, 1.82) is 0 Å². The highest BCUT2D eigenvalue weighted by molar-refractivity contribution is 6.02. The number of anilines is 1. The van der Waals surface area contributed by atoms with E-state index in [2.05, 4.69) is 0 Å². The summed E-state index contributed by atoms with van der Waals surface area (Å²) in [6.07, 6.45) is -1.40. The Kier molecular flexibility index (Phi) is 3.51. The summed E-state index contributed by atoms with van der Waals surface area (Å²) in [4.78, 5) is 27.8. The first-order valence-electron chi connectivity index (χ1n) is 8.11. The Balaban J connectivity index is 1.58. The van der Waals surface area contributed by atoms with Crippen LogP contribution in [0.1, 0.15) is 18.1 Å². The molecule has 0 aromatic heterocycles. The van der Waals surface area contributed by atoms with Crippen LogP contribution in [0.25, 0.3) is 0 Å². The molecular weight excluding hydrogens is 320 g/mol. The maximum atomic E-state index is 12.6. The first-order chi connectivity index (χ1) is 12.0. The summed E-state index contributed by atoms with van der Waals surface area (Å²) in [5.41, 5.74) is 0.781. The zero-order valence-corrected chi connectivity index (χ0v) is 13.8. The van der Waals surface area contributed by atoms with Gasteiger partial charge >= 0.3 is 6.09 Å². The number of rotatable bonds is 2. The number of carbonyl (C=O) groups excluding carboxylic acids is 2. The Labute approximate surface area is 145 Å². The highest BCUT2D eigenvalue weighted by Gasteiger charge is 2.57. The Bertz CT molecular complexity index is 834. The minimum atomic E-state index is -1.35. The molecule has 2 aliphatic heterocycles. The molecule has 1 saturated heterocycles. The van der Waals surface area contributed by atoms with Crippen LogP contribution in [0.2, 0.25) is 0 Å². The van der Waals surface area contributed by atoms with Crippen LogP contribution in [-0.2, 0) is 21.7 Å². The SMILES string of the molecule is C[C@]1(O)c2ccccc2N2C(=O)CN(C(=O)OCc3ccccc3)[C@@H]21. The van der Waals surface area contributed by atoms with Gasteiger partial charge in [0, 0.05) is 5.56 Å². The average Bonchev–Trinajstić information content (AvgIpc) is 3.09. The molecule has 1 fully saturated rings. The van der Waals surface area contributed by atoms with Crippen LogP contribution in [0.3, 0.4) is 0 Å². The van der Waals surface area contributed by atoms with Crippen LogP contribution in [0.4, 0.5) is 10.5 Å². The molecule has 2 aromatic carbocycles. The Morgan fingerprint density at radius 1 is 1.20 bits per heavy atom. The van der Waals surface area contributed by atoms with Crippen LogP contribution >= 0.6 is 0 Å². The van der Waals surface area contributed by atoms with Crippen molar-refractivity contribution in [1.82, 2.24) is 4.90 Å². The van der Waals surface area contributed by atoms with Crippen LogP contribution < -0.4 is 4.90 Å². The molecule has 2 amide bonds. The summed E-state index contributed by atoms with van der Waals surface area (Å²) in [6, 6.07) is 16.5. The predicted octanol–water partition coefficient (Wildman–Crippen LogP) is 2.22. The minimum absolute atomic E-state index is 0.108. The van der Waals surface area contributed by atoms with E-state index in [1.54, 1.807) is 31.2 Å². The van der Waals surface area contributed by atoms with E-state index in [-0.39, 0.29) is 19.1 Å². The first kappa shape index (κ1) is 15.7. The van der Waals surface area contributed by atoms with Crippen molar-refractivity contribution in [3.05, 3.63) is 65.7 Å². The lowest BCUT2D eigenvalue weighted by Gasteiger charge is -2.32. The molecule has 4 rings (SSSR count). The molecule has 6 heteroatoms. The van der Waals surface area contributed by atoms with Crippen molar-refractivity contribution in [2.75, 3.05) is 11.4 Å². The number of benzene rings is 2. The Morgan fingerprint density at radius 3 is 2.64 bits per heavy atom. The Morgan fingerprint density at radius 2 is 1.88 bits per heavy atom. The van der Waals surface area contributed by atoms with E-state index in [1.807, 2.05) is 30.3 Å². The molecule has 0 aliphatic carbocycles. The molecule has 0 bridgehead atoms. The molecule has 128 valence electrons. The van der Waals surface area contributed by atoms with Crippen molar-refractivity contribution in [3.8, 4) is 0 Å². The van der Waals surface area contributed by atoms with E-state index in [1.165, 1.54) is 9.80 Å². The molecule has 2 heterocycles. The fourth-order valence-electron chi connectivity index (χ4n) is 3.62. The van der Waals surface area contributed by atoms with E-state index >= 15 is 0 Å². The lowest BCUT2D eigenvalue weighted by atomic mass is 9.95. The summed E-state index contributed by atoms with van der Waals surface area (Å²) in [6.45, 7) is 1.63. The number of amides is 2. The van der Waals surface area contributed by atoms with Gasteiger partial charge < -0.3 is 9.84 Å². The smallest absolute Gasteiger partial charge is 0.412 e. The zero-order valence-electron chi connectivity index (χ0n) is 13.8. The first-order valence-corrected chi connectivity index (χ1v) is 8.11. The number of hydrogen-bond donors (Lipinski definition) is 1. The summed E-state index contributed by atoms with van der Waals surface area (Å²) < 4.78 is 5.36. The standard InChI is InChI=1S/C19H18N2O4/c1-19(24)14-9-5-6-10-15(14)21-16(22)11-20(17(19)21)18(23)25-12-13-7-3-2-4-8-13/h2-10,17,24H,11-12H2,1H3/t17-,19-/m0/s1. The van der Waals surface area contributed by atoms with Gasteiger partial charge in [0.15, 0.2) is 0 Å². The highest BCUT2D eigenvalue weighted by Crippen LogP contribution is 2.47. The number of ether oxygens (including phenoxy) is 1. The molecule has 0 spiro atoms. The van der Waals surface area contributed by atoms with Crippen molar-refractivity contribution >= 4 is 17.7 Å². The van der Waals surface area contributed by atoms with Crippen LogP contribution in [0.5, 0.6) is 0 Å². The van der Waals surface area contributed by atoms with Gasteiger partial charge in [0.25, 0.3) is 0 Å². The summed E-state index contributed by atoms with van der Waals surface area (Å²) >= 11 is 0. The number of hydrogen-bond acceptors (Lipinski definition) is 4. The topological polar surface area (TPSA) is 70.1 Å². The average molecular weight is 338 g/mol. The molecule has 2 atom stereocenters. The van der Waals surface area contributed by atoms with Gasteiger partial charge in [-0.3, -0.25) is 14.6 Å². The second-order valence-electron chi connectivity index (χ2n) is 6.47. The van der Waals surface area contributed by atoms with Crippen LogP contribution in [0.15, 0.2) is 54.6 Å². The van der Waals surface area contributed by atoms with Crippen LogP contribution in [-0.4, -0.2) is 34.7 Å². The third kappa shape index (κ3) is 2.37. The second kappa shape index (κ2) is 5.60. The second-order valence-corrected chi connectivity index (χ2v) is 6.47. The molecule has 0 saturated carbocycles. The number of fused-ring (bicyclic) bond motifs is 3. The number of para-hydroxylation sites is 1. The third-order valence-electron chi connectivity index (χ3n) is 4.77. The number of nitrogens with zero attached hydrogens (tertiary/aromatic N) is 2. The zero-order chi connectivity index (χ0) is 17.6. The Hall–Kier alpha value is -2.86. The van der Waals surface area contributed by atoms with Gasteiger partial charge in [0.2, 0.25) is 5.91 Å². The monoisotopic (exact) mass is 338 g/mol. The lowest BCUT2D eigenvalue weighted by Crippen LogP contribution is -2.50. The quantitative estimate of drug-likeness (QED) is 0.911. The molecule has 2 aliphatic rings. The lowest BCUT2D eigenvalue weighted by molar-refractivity contribution is -0.116. The van der Waals surface area contributed by atoms with E-state index in [0.717, 1.165) is 5.56 Å². The summed E-state index contributed by atoms with van der Waals surface area (Å²) in [7, 11) is 0. The molecule has 25 heavy (non-hydrogen) atoms. The van der Waals surface area contributed by atoms with Gasteiger partial charge in [0.05, 0.1) is 5.69 Å². The van der Waals surface area contributed by atoms with Crippen molar-refractivity contribution in [2.45, 2.75) is 25.3 Å². The molecule has 6 nitrogen and oxygen atoms in total. The summed E-state index contributed by atoms with van der Waals surface area (Å²) in [5.74, 6) is -0.230. The van der Waals surface area contributed by atoms with Crippen molar-refractivity contribution in [2.24, 2.45) is 0 Å². The molecule has 1 N–H and O–H groups in total. The van der Waals surface area contributed by atoms with E-state index < -0.39 is 17.9 Å². The van der Waals surface area contributed by atoms with Gasteiger partial charge in [-0.2, -0.15) is 0 Å². The maximum absolute atomic E-state index is 12.6.